The van der Waals surface area contributed by atoms with Crippen molar-refractivity contribution in [3.8, 4) is 0 Å². The summed E-state index contributed by atoms with van der Waals surface area (Å²) in [5.41, 5.74) is 2.02. The molecule has 1 rings (SSSR count). The molecule has 0 amide bonds. The van der Waals surface area contributed by atoms with Gasteiger partial charge in [0.2, 0.25) is 0 Å². The molecule has 0 atom stereocenters. The van der Waals surface area contributed by atoms with E-state index in [1.807, 2.05) is 38.1 Å². The van der Waals surface area contributed by atoms with Gasteiger partial charge in [-0.3, -0.25) is 4.79 Å². The van der Waals surface area contributed by atoms with Crippen LogP contribution < -0.4 is 0 Å². The van der Waals surface area contributed by atoms with Crippen LogP contribution in [0, 0.1) is 0 Å². The summed E-state index contributed by atoms with van der Waals surface area (Å²) in [5.74, 6) is 0.0525. The highest BCUT2D eigenvalue weighted by molar-refractivity contribution is 5.97. The van der Waals surface area contributed by atoms with Crippen LogP contribution in [0.25, 0.3) is 0 Å². The van der Waals surface area contributed by atoms with Crippen LogP contribution in [-0.2, 0) is 11.2 Å². The third-order valence-electron chi connectivity index (χ3n) is 2.36. The molecule has 0 aliphatic rings. The fourth-order valence-corrected chi connectivity index (χ4v) is 1.47. The minimum absolute atomic E-state index is 0.0525. The summed E-state index contributed by atoms with van der Waals surface area (Å²) in [6.45, 7) is 6.18. The number of ether oxygens (including phenoxy) is 1. The number of hydrogen-bond donors (Lipinski definition) is 0. The Bertz CT molecular complexity index is 325. The van der Waals surface area contributed by atoms with E-state index in [9.17, 15) is 4.79 Å². The molecule has 0 saturated carbocycles. The van der Waals surface area contributed by atoms with E-state index >= 15 is 0 Å². The Morgan fingerprint density at radius 3 is 2.38 bits per heavy atom. The SMILES string of the molecule is CCCc1ccc(C(=O)COC(C)C)cc1. The largest absolute Gasteiger partial charge is 0.371 e. The van der Waals surface area contributed by atoms with E-state index in [1.54, 1.807) is 0 Å². The van der Waals surface area contributed by atoms with Crippen LogP contribution in [0.15, 0.2) is 24.3 Å². The zero-order valence-corrected chi connectivity index (χ0v) is 10.3. The first-order chi connectivity index (χ1) is 7.63. The summed E-state index contributed by atoms with van der Waals surface area (Å²) in [6, 6.07) is 7.81. The predicted molar refractivity (Wildman–Crippen MR) is 65.9 cm³/mol. The molecule has 0 saturated heterocycles. The molecule has 2 nitrogen and oxygen atoms in total. The summed E-state index contributed by atoms with van der Waals surface area (Å²) in [5, 5.41) is 0. The first kappa shape index (κ1) is 12.9. The van der Waals surface area contributed by atoms with E-state index in [4.69, 9.17) is 4.74 Å². The Labute approximate surface area is 97.6 Å². The van der Waals surface area contributed by atoms with Crippen molar-refractivity contribution in [2.75, 3.05) is 6.61 Å². The molecule has 0 bridgehead atoms. The van der Waals surface area contributed by atoms with Crippen LogP contribution in [0.5, 0.6) is 0 Å². The maximum atomic E-state index is 11.7. The second-order valence-electron chi connectivity index (χ2n) is 4.23. The lowest BCUT2D eigenvalue weighted by Gasteiger charge is -2.07. The van der Waals surface area contributed by atoms with Crippen molar-refractivity contribution in [3.63, 3.8) is 0 Å². The number of Topliss-reactive ketones (excluding diaryl/α,β-unsaturated/α-hetero) is 1. The highest BCUT2D eigenvalue weighted by Gasteiger charge is 2.06. The zero-order valence-electron chi connectivity index (χ0n) is 10.3. The van der Waals surface area contributed by atoms with E-state index < -0.39 is 0 Å². The van der Waals surface area contributed by atoms with Crippen molar-refractivity contribution in [1.29, 1.82) is 0 Å². The van der Waals surface area contributed by atoms with E-state index in [-0.39, 0.29) is 18.5 Å². The molecule has 0 spiro atoms. The molecule has 0 heterocycles. The lowest BCUT2D eigenvalue weighted by atomic mass is 10.1. The lowest BCUT2D eigenvalue weighted by molar-refractivity contribution is 0.0585. The molecule has 0 radical (unpaired) electrons. The summed E-state index contributed by atoms with van der Waals surface area (Å²) in [4.78, 5) is 11.7. The number of hydrogen-bond acceptors (Lipinski definition) is 2. The molecule has 2 heteroatoms. The van der Waals surface area contributed by atoms with Gasteiger partial charge in [0, 0.05) is 5.56 Å². The quantitative estimate of drug-likeness (QED) is 0.688. The Kier molecular flexibility index (Phi) is 5.20. The highest BCUT2D eigenvalue weighted by atomic mass is 16.5. The van der Waals surface area contributed by atoms with Crippen LogP contribution in [0.3, 0.4) is 0 Å². The van der Waals surface area contributed by atoms with Crippen molar-refractivity contribution in [1.82, 2.24) is 0 Å². The van der Waals surface area contributed by atoms with E-state index in [0.29, 0.717) is 0 Å². The van der Waals surface area contributed by atoms with Gasteiger partial charge in [-0.1, -0.05) is 37.6 Å². The first-order valence-corrected chi connectivity index (χ1v) is 5.87. The maximum absolute atomic E-state index is 11.7. The summed E-state index contributed by atoms with van der Waals surface area (Å²) in [7, 11) is 0. The van der Waals surface area contributed by atoms with Crippen LogP contribution in [0.1, 0.15) is 43.1 Å². The molecular formula is C14H20O2. The number of carbonyl (C=O) groups is 1. The van der Waals surface area contributed by atoms with Crippen LogP contribution in [0.4, 0.5) is 0 Å². The summed E-state index contributed by atoms with van der Waals surface area (Å²) < 4.78 is 5.29. The molecule has 1 aromatic carbocycles. The number of rotatable bonds is 6. The molecular weight excluding hydrogens is 200 g/mol. The minimum atomic E-state index is 0.0525. The average molecular weight is 220 g/mol. The number of aryl methyl sites for hydroxylation is 1. The van der Waals surface area contributed by atoms with E-state index in [1.165, 1.54) is 5.56 Å². The van der Waals surface area contributed by atoms with Gasteiger partial charge in [0.1, 0.15) is 6.61 Å². The fraction of sp³-hybridized carbons (Fsp3) is 0.500. The smallest absolute Gasteiger partial charge is 0.188 e. The molecule has 0 unspecified atom stereocenters. The third-order valence-corrected chi connectivity index (χ3v) is 2.36. The standard InChI is InChI=1S/C14H20O2/c1-4-5-12-6-8-13(9-7-12)14(15)10-16-11(2)3/h6-9,11H,4-5,10H2,1-3H3. The minimum Gasteiger partial charge on any atom is -0.371 e. The summed E-state index contributed by atoms with van der Waals surface area (Å²) in [6.07, 6.45) is 2.30. The third kappa shape index (κ3) is 4.15. The Hall–Kier alpha value is -1.15. The fourth-order valence-electron chi connectivity index (χ4n) is 1.47. The van der Waals surface area contributed by atoms with Gasteiger partial charge in [0.05, 0.1) is 6.10 Å². The van der Waals surface area contributed by atoms with Gasteiger partial charge >= 0.3 is 0 Å². The highest BCUT2D eigenvalue weighted by Crippen LogP contribution is 2.08. The van der Waals surface area contributed by atoms with Crippen molar-refractivity contribution >= 4 is 5.78 Å². The molecule has 16 heavy (non-hydrogen) atoms. The zero-order chi connectivity index (χ0) is 12.0. The Morgan fingerprint density at radius 2 is 1.88 bits per heavy atom. The average Bonchev–Trinajstić information content (AvgIpc) is 2.27. The van der Waals surface area contributed by atoms with Gasteiger partial charge in [-0.25, -0.2) is 0 Å². The number of carbonyl (C=O) groups excluding carboxylic acids is 1. The van der Waals surface area contributed by atoms with Crippen LogP contribution in [-0.4, -0.2) is 18.5 Å². The molecule has 0 fully saturated rings. The van der Waals surface area contributed by atoms with Crippen molar-refractivity contribution < 1.29 is 9.53 Å². The summed E-state index contributed by atoms with van der Waals surface area (Å²) >= 11 is 0. The Balaban J connectivity index is 2.56. The van der Waals surface area contributed by atoms with Gasteiger partial charge in [-0.15, -0.1) is 0 Å². The number of ketones is 1. The lowest BCUT2D eigenvalue weighted by Crippen LogP contribution is -2.13. The van der Waals surface area contributed by atoms with Gasteiger partial charge < -0.3 is 4.74 Å². The first-order valence-electron chi connectivity index (χ1n) is 5.87. The molecule has 0 aromatic heterocycles. The molecule has 0 N–H and O–H groups in total. The molecule has 88 valence electrons. The van der Waals surface area contributed by atoms with Gasteiger partial charge in [0.25, 0.3) is 0 Å². The van der Waals surface area contributed by atoms with Gasteiger partial charge in [-0.05, 0) is 25.8 Å². The van der Waals surface area contributed by atoms with E-state index in [0.717, 1.165) is 18.4 Å². The molecule has 0 aliphatic carbocycles. The Morgan fingerprint density at radius 1 is 1.25 bits per heavy atom. The van der Waals surface area contributed by atoms with Crippen LogP contribution in [0.2, 0.25) is 0 Å². The normalized spacial score (nSPS) is 10.8. The number of benzene rings is 1. The second kappa shape index (κ2) is 6.44. The second-order valence-corrected chi connectivity index (χ2v) is 4.23. The van der Waals surface area contributed by atoms with Crippen molar-refractivity contribution in [2.24, 2.45) is 0 Å². The van der Waals surface area contributed by atoms with Crippen molar-refractivity contribution in [2.45, 2.75) is 39.7 Å². The maximum Gasteiger partial charge on any atom is 0.188 e. The van der Waals surface area contributed by atoms with Crippen LogP contribution >= 0.6 is 0 Å². The van der Waals surface area contributed by atoms with Gasteiger partial charge in [0.15, 0.2) is 5.78 Å². The van der Waals surface area contributed by atoms with Crippen molar-refractivity contribution in [3.05, 3.63) is 35.4 Å². The topological polar surface area (TPSA) is 26.3 Å². The van der Waals surface area contributed by atoms with Gasteiger partial charge in [-0.2, -0.15) is 0 Å². The molecule has 0 aliphatic heterocycles. The monoisotopic (exact) mass is 220 g/mol. The van der Waals surface area contributed by atoms with E-state index in [2.05, 4.69) is 6.92 Å². The predicted octanol–water partition coefficient (Wildman–Crippen LogP) is 3.25. The molecule has 1 aromatic rings.